The van der Waals surface area contributed by atoms with Crippen LogP contribution < -0.4 is 14.8 Å². The second-order valence-corrected chi connectivity index (χ2v) is 6.07. The van der Waals surface area contributed by atoms with Crippen molar-refractivity contribution in [3.05, 3.63) is 24.3 Å². The molecule has 1 unspecified atom stereocenters. The maximum Gasteiger partial charge on any atom is 0.222 e. The monoisotopic (exact) mass is 370 g/mol. The van der Waals surface area contributed by atoms with E-state index >= 15 is 0 Å². The maximum atomic E-state index is 12.5. The lowest BCUT2D eigenvalue weighted by atomic mass is 10.1. The van der Waals surface area contributed by atoms with Crippen molar-refractivity contribution in [3.63, 3.8) is 0 Å². The largest absolute Gasteiger partial charge is 0.490 e. The van der Waals surface area contributed by atoms with Crippen molar-refractivity contribution < 1.29 is 14.3 Å². The van der Waals surface area contributed by atoms with Gasteiger partial charge in [0.15, 0.2) is 11.5 Å². The maximum absolute atomic E-state index is 12.5. The smallest absolute Gasteiger partial charge is 0.222 e. The van der Waals surface area contributed by atoms with E-state index in [1.54, 1.807) is 0 Å². The second-order valence-electron chi connectivity index (χ2n) is 6.07. The lowest BCUT2D eigenvalue weighted by molar-refractivity contribution is -0.133. The highest BCUT2D eigenvalue weighted by Crippen LogP contribution is 2.26. The van der Waals surface area contributed by atoms with Crippen molar-refractivity contribution in [2.75, 3.05) is 32.8 Å². The Morgan fingerprint density at radius 3 is 2.56 bits per heavy atom. The minimum absolute atomic E-state index is 0. The van der Waals surface area contributed by atoms with Crippen LogP contribution in [0.4, 0.5) is 0 Å². The number of carbonyl (C=O) groups excluding carboxylic acids is 1. The SMILES string of the molecule is CCCN(C(=O)CCCOc1ccccc1OCC)C1CCNC1.Cl. The summed E-state index contributed by atoms with van der Waals surface area (Å²) in [7, 11) is 0. The van der Waals surface area contributed by atoms with Gasteiger partial charge in [-0.2, -0.15) is 0 Å². The van der Waals surface area contributed by atoms with Gasteiger partial charge in [0.25, 0.3) is 0 Å². The molecule has 1 aromatic rings. The quantitative estimate of drug-likeness (QED) is 0.642. The lowest BCUT2D eigenvalue weighted by Crippen LogP contribution is -2.42. The van der Waals surface area contributed by atoms with Gasteiger partial charge in [0.2, 0.25) is 5.91 Å². The van der Waals surface area contributed by atoms with Gasteiger partial charge in [-0.15, -0.1) is 12.4 Å². The molecular weight excluding hydrogens is 340 g/mol. The van der Waals surface area contributed by atoms with E-state index in [1.807, 2.05) is 36.1 Å². The molecule has 1 saturated heterocycles. The fourth-order valence-electron chi connectivity index (χ4n) is 3.05. The van der Waals surface area contributed by atoms with E-state index in [2.05, 4.69) is 12.2 Å². The number of hydrogen-bond donors (Lipinski definition) is 1. The van der Waals surface area contributed by atoms with Crippen LogP contribution in [0.2, 0.25) is 0 Å². The molecule has 1 aromatic carbocycles. The Balaban J connectivity index is 0.00000312. The average Bonchev–Trinajstić information content (AvgIpc) is 3.12. The molecule has 2 rings (SSSR count). The highest BCUT2D eigenvalue weighted by Gasteiger charge is 2.25. The number of carbonyl (C=O) groups is 1. The summed E-state index contributed by atoms with van der Waals surface area (Å²) in [5.41, 5.74) is 0. The molecular formula is C19H31ClN2O3. The molecule has 0 aliphatic carbocycles. The Morgan fingerprint density at radius 1 is 1.24 bits per heavy atom. The number of hydrogen-bond acceptors (Lipinski definition) is 4. The molecule has 0 radical (unpaired) electrons. The number of para-hydroxylation sites is 2. The molecule has 1 N–H and O–H groups in total. The van der Waals surface area contributed by atoms with Gasteiger partial charge in [0.1, 0.15) is 0 Å². The molecule has 1 aliphatic rings. The Hall–Kier alpha value is -1.46. The predicted octanol–water partition coefficient (Wildman–Crippen LogP) is 3.27. The average molecular weight is 371 g/mol. The molecule has 1 amide bonds. The van der Waals surface area contributed by atoms with E-state index in [1.165, 1.54) is 0 Å². The molecule has 6 heteroatoms. The van der Waals surface area contributed by atoms with Crippen molar-refractivity contribution in [1.82, 2.24) is 10.2 Å². The number of rotatable bonds is 10. The van der Waals surface area contributed by atoms with Gasteiger partial charge in [0.05, 0.1) is 13.2 Å². The zero-order valence-electron chi connectivity index (χ0n) is 15.3. The summed E-state index contributed by atoms with van der Waals surface area (Å²) in [4.78, 5) is 14.6. The van der Waals surface area contributed by atoms with Crippen LogP contribution in [0.25, 0.3) is 0 Å². The first-order valence-corrected chi connectivity index (χ1v) is 9.11. The Kier molecular flexibility index (Phi) is 10.3. The Labute approximate surface area is 157 Å². The predicted molar refractivity (Wildman–Crippen MR) is 103 cm³/mol. The van der Waals surface area contributed by atoms with Crippen molar-refractivity contribution in [1.29, 1.82) is 0 Å². The van der Waals surface area contributed by atoms with Gasteiger partial charge in [0, 0.05) is 25.6 Å². The van der Waals surface area contributed by atoms with Crippen LogP contribution in [-0.4, -0.2) is 49.7 Å². The summed E-state index contributed by atoms with van der Waals surface area (Å²) < 4.78 is 11.3. The van der Waals surface area contributed by atoms with Crippen molar-refractivity contribution in [2.24, 2.45) is 0 Å². The Bertz CT molecular complexity index is 507. The molecule has 1 fully saturated rings. The number of amides is 1. The van der Waals surface area contributed by atoms with Gasteiger partial charge < -0.3 is 19.7 Å². The molecule has 25 heavy (non-hydrogen) atoms. The van der Waals surface area contributed by atoms with Gasteiger partial charge in [-0.1, -0.05) is 19.1 Å². The van der Waals surface area contributed by atoms with Gasteiger partial charge in [-0.05, 0) is 44.9 Å². The summed E-state index contributed by atoms with van der Waals surface area (Å²) in [6.07, 6.45) is 3.32. The fraction of sp³-hybridized carbons (Fsp3) is 0.632. The van der Waals surface area contributed by atoms with Crippen LogP contribution in [0.1, 0.15) is 39.5 Å². The zero-order chi connectivity index (χ0) is 17.2. The van der Waals surface area contributed by atoms with E-state index in [0.29, 0.717) is 25.7 Å². The summed E-state index contributed by atoms with van der Waals surface area (Å²) in [5.74, 6) is 1.75. The Morgan fingerprint density at radius 2 is 1.96 bits per heavy atom. The molecule has 1 atom stereocenters. The van der Waals surface area contributed by atoms with Crippen LogP contribution in [0.5, 0.6) is 11.5 Å². The molecule has 0 aromatic heterocycles. The highest BCUT2D eigenvalue weighted by molar-refractivity contribution is 5.85. The van der Waals surface area contributed by atoms with E-state index in [4.69, 9.17) is 9.47 Å². The molecule has 5 nitrogen and oxygen atoms in total. The van der Waals surface area contributed by atoms with Crippen molar-refractivity contribution >= 4 is 18.3 Å². The first-order valence-electron chi connectivity index (χ1n) is 9.11. The number of nitrogens with zero attached hydrogens (tertiary/aromatic N) is 1. The molecule has 0 spiro atoms. The fourth-order valence-corrected chi connectivity index (χ4v) is 3.05. The number of nitrogens with one attached hydrogen (secondary N) is 1. The summed E-state index contributed by atoms with van der Waals surface area (Å²) in [6.45, 7) is 7.99. The van der Waals surface area contributed by atoms with Crippen LogP contribution in [-0.2, 0) is 4.79 Å². The van der Waals surface area contributed by atoms with Crippen LogP contribution >= 0.6 is 12.4 Å². The van der Waals surface area contributed by atoms with Crippen molar-refractivity contribution in [3.8, 4) is 11.5 Å². The first kappa shape index (κ1) is 21.6. The minimum atomic E-state index is 0. The first-order chi connectivity index (χ1) is 11.8. The standard InChI is InChI=1S/C19H30N2O3.ClH/c1-3-13-21(16-11-12-20-15-16)19(22)10-7-14-24-18-9-6-5-8-17(18)23-4-2;/h5-6,8-9,16,20H,3-4,7,10-15H2,1-2H3;1H. The van der Waals surface area contributed by atoms with Gasteiger partial charge in [-0.25, -0.2) is 0 Å². The summed E-state index contributed by atoms with van der Waals surface area (Å²) in [6, 6.07) is 8.02. The van der Waals surface area contributed by atoms with E-state index in [-0.39, 0.29) is 18.3 Å². The molecule has 0 saturated carbocycles. The molecule has 0 bridgehead atoms. The third kappa shape index (κ3) is 6.75. The number of ether oxygens (including phenoxy) is 2. The van der Waals surface area contributed by atoms with Crippen molar-refractivity contribution in [2.45, 2.75) is 45.6 Å². The second kappa shape index (κ2) is 12.0. The normalized spacial score (nSPS) is 16.2. The lowest BCUT2D eigenvalue weighted by Gasteiger charge is -2.28. The molecule has 142 valence electrons. The number of halogens is 1. The summed E-state index contributed by atoms with van der Waals surface area (Å²) in [5, 5.41) is 3.34. The van der Waals surface area contributed by atoms with E-state index in [0.717, 1.165) is 50.4 Å². The molecule has 1 heterocycles. The van der Waals surface area contributed by atoms with Crippen LogP contribution in [0.15, 0.2) is 24.3 Å². The van der Waals surface area contributed by atoms with Crippen LogP contribution in [0, 0.1) is 0 Å². The topological polar surface area (TPSA) is 50.8 Å². The van der Waals surface area contributed by atoms with E-state index in [9.17, 15) is 4.79 Å². The zero-order valence-corrected chi connectivity index (χ0v) is 16.1. The van der Waals surface area contributed by atoms with Crippen LogP contribution in [0.3, 0.4) is 0 Å². The minimum Gasteiger partial charge on any atom is -0.490 e. The van der Waals surface area contributed by atoms with Gasteiger partial charge in [-0.3, -0.25) is 4.79 Å². The summed E-state index contributed by atoms with van der Waals surface area (Å²) >= 11 is 0. The highest BCUT2D eigenvalue weighted by atomic mass is 35.5. The molecule has 1 aliphatic heterocycles. The third-order valence-corrected chi connectivity index (χ3v) is 4.20. The third-order valence-electron chi connectivity index (χ3n) is 4.20. The van der Waals surface area contributed by atoms with E-state index < -0.39 is 0 Å². The van der Waals surface area contributed by atoms with Gasteiger partial charge >= 0.3 is 0 Å². The number of benzene rings is 1.